The highest BCUT2D eigenvalue weighted by molar-refractivity contribution is 9.10. The number of halogens is 4. The van der Waals surface area contributed by atoms with Crippen molar-refractivity contribution in [1.29, 1.82) is 0 Å². The Bertz CT molecular complexity index is 561. The number of alkyl halides is 3. The first kappa shape index (κ1) is 14.1. The van der Waals surface area contributed by atoms with Crippen LogP contribution in [0.25, 0.3) is 5.69 Å². The Morgan fingerprint density at radius 1 is 1.26 bits per heavy atom. The molecule has 0 spiro atoms. The summed E-state index contributed by atoms with van der Waals surface area (Å²) in [5, 5.41) is 6.55. The van der Waals surface area contributed by atoms with E-state index in [9.17, 15) is 13.2 Å². The van der Waals surface area contributed by atoms with Crippen LogP contribution < -0.4 is 5.32 Å². The minimum Gasteiger partial charge on any atom is -0.316 e. The molecule has 2 aromatic rings. The summed E-state index contributed by atoms with van der Waals surface area (Å²) in [6.45, 7) is 0.116. The number of nitrogens with zero attached hydrogens (tertiary/aromatic N) is 2. The van der Waals surface area contributed by atoms with E-state index < -0.39 is 11.9 Å². The molecule has 0 aliphatic heterocycles. The van der Waals surface area contributed by atoms with Crippen LogP contribution in [0.3, 0.4) is 0 Å². The quantitative estimate of drug-likeness (QED) is 0.933. The third kappa shape index (κ3) is 2.98. The van der Waals surface area contributed by atoms with Gasteiger partial charge in [0.05, 0.1) is 11.9 Å². The van der Waals surface area contributed by atoms with Gasteiger partial charge < -0.3 is 5.32 Å². The Hall–Kier alpha value is -1.34. The first-order valence-corrected chi connectivity index (χ1v) is 6.27. The molecule has 0 saturated carbocycles. The third-order valence-corrected chi connectivity index (χ3v) is 3.08. The van der Waals surface area contributed by atoms with Gasteiger partial charge in [0.15, 0.2) is 5.69 Å². The van der Waals surface area contributed by atoms with Gasteiger partial charge in [-0.25, -0.2) is 4.68 Å². The topological polar surface area (TPSA) is 29.9 Å². The summed E-state index contributed by atoms with van der Waals surface area (Å²) >= 11 is 3.24. The zero-order valence-corrected chi connectivity index (χ0v) is 11.6. The minimum absolute atomic E-state index is 0.116. The van der Waals surface area contributed by atoms with Crippen LogP contribution in [-0.4, -0.2) is 16.8 Å². The molecule has 1 N–H and O–H groups in total. The standard InChI is InChI=1S/C12H11BrF3N3/c1-17-6-8-7-18-19(11(8)12(14,15)16)10-4-2-9(13)3-5-10/h2-5,7,17H,6H2,1H3. The van der Waals surface area contributed by atoms with E-state index in [2.05, 4.69) is 26.3 Å². The maximum Gasteiger partial charge on any atom is 0.433 e. The number of nitrogens with one attached hydrogen (secondary N) is 1. The van der Waals surface area contributed by atoms with Crippen molar-refractivity contribution in [3.05, 3.63) is 46.2 Å². The molecule has 2 rings (SSSR count). The number of benzene rings is 1. The fourth-order valence-corrected chi connectivity index (χ4v) is 2.05. The first-order valence-electron chi connectivity index (χ1n) is 5.48. The Morgan fingerprint density at radius 3 is 2.42 bits per heavy atom. The summed E-state index contributed by atoms with van der Waals surface area (Å²) in [6, 6.07) is 6.51. The van der Waals surface area contributed by atoms with Gasteiger partial charge in [0.2, 0.25) is 0 Å². The van der Waals surface area contributed by atoms with Crippen LogP contribution in [-0.2, 0) is 12.7 Å². The SMILES string of the molecule is CNCc1cnn(-c2ccc(Br)cc2)c1C(F)(F)F. The molecule has 102 valence electrons. The van der Waals surface area contributed by atoms with E-state index in [1.807, 2.05) is 0 Å². The summed E-state index contributed by atoms with van der Waals surface area (Å²) in [4.78, 5) is 0. The van der Waals surface area contributed by atoms with Gasteiger partial charge in [0, 0.05) is 16.6 Å². The van der Waals surface area contributed by atoms with Crippen molar-refractivity contribution in [2.45, 2.75) is 12.7 Å². The van der Waals surface area contributed by atoms with Crippen molar-refractivity contribution in [3.8, 4) is 5.69 Å². The molecule has 0 saturated heterocycles. The second kappa shape index (κ2) is 5.34. The fraction of sp³-hybridized carbons (Fsp3) is 0.250. The normalized spacial score (nSPS) is 11.8. The molecule has 0 fully saturated rings. The third-order valence-electron chi connectivity index (χ3n) is 2.55. The van der Waals surface area contributed by atoms with E-state index in [4.69, 9.17) is 0 Å². The van der Waals surface area contributed by atoms with Gasteiger partial charge in [-0.1, -0.05) is 15.9 Å². The molecule has 1 aromatic heterocycles. The van der Waals surface area contributed by atoms with Crippen LogP contribution in [0.5, 0.6) is 0 Å². The highest BCUT2D eigenvalue weighted by Crippen LogP contribution is 2.33. The number of hydrogen-bond acceptors (Lipinski definition) is 2. The second-order valence-corrected chi connectivity index (χ2v) is 4.85. The monoisotopic (exact) mass is 333 g/mol. The van der Waals surface area contributed by atoms with E-state index in [0.717, 1.165) is 9.15 Å². The lowest BCUT2D eigenvalue weighted by Crippen LogP contribution is -2.17. The molecule has 0 amide bonds. The van der Waals surface area contributed by atoms with Crippen molar-refractivity contribution in [2.24, 2.45) is 0 Å². The predicted molar refractivity (Wildman–Crippen MR) is 69.0 cm³/mol. The fourth-order valence-electron chi connectivity index (χ4n) is 1.78. The lowest BCUT2D eigenvalue weighted by atomic mass is 10.2. The molecule has 1 heterocycles. The minimum atomic E-state index is -4.45. The molecular formula is C12H11BrF3N3. The molecule has 0 aliphatic carbocycles. The number of hydrogen-bond donors (Lipinski definition) is 1. The zero-order valence-electron chi connectivity index (χ0n) is 10.0. The first-order chi connectivity index (χ1) is 8.93. The lowest BCUT2D eigenvalue weighted by Gasteiger charge is -2.12. The highest BCUT2D eigenvalue weighted by Gasteiger charge is 2.38. The van der Waals surface area contributed by atoms with E-state index in [0.29, 0.717) is 5.69 Å². The molecule has 7 heteroatoms. The Morgan fingerprint density at radius 2 is 1.89 bits per heavy atom. The Balaban J connectivity index is 2.54. The molecule has 0 aliphatic rings. The molecule has 0 atom stereocenters. The molecule has 3 nitrogen and oxygen atoms in total. The molecule has 0 radical (unpaired) electrons. The lowest BCUT2D eigenvalue weighted by molar-refractivity contribution is -0.143. The van der Waals surface area contributed by atoms with Gasteiger partial charge >= 0.3 is 6.18 Å². The van der Waals surface area contributed by atoms with Gasteiger partial charge in [-0.15, -0.1) is 0 Å². The molecule has 0 bridgehead atoms. The predicted octanol–water partition coefficient (Wildman–Crippen LogP) is 3.37. The molecular weight excluding hydrogens is 323 g/mol. The van der Waals surface area contributed by atoms with Crippen molar-refractivity contribution in [2.75, 3.05) is 7.05 Å². The zero-order chi connectivity index (χ0) is 14.0. The number of rotatable bonds is 3. The average Bonchev–Trinajstić information content (AvgIpc) is 2.74. The average molecular weight is 334 g/mol. The second-order valence-electron chi connectivity index (χ2n) is 3.93. The molecule has 0 unspecified atom stereocenters. The van der Waals surface area contributed by atoms with Crippen molar-refractivity contribution in [1.82, 2.24) is 15.1 Å². The van der Waals surface area contributed by atoms with E-state index in [-0.39, 0.29) is 12.1 Å². The maximum atomic E-state index is 13.1. The Kier molecular flexibility index (Phi) is 3.96. The number of aromatic nitrogens is 2. The molecule has 19 heavy (non-hydrogen) atoms. The van der Waals surface area contributed by atoms with Crippen LogP contribution in [0.4, 0.5) is 13.2 Å². The molecule has 1 aromatic carbocycles. The van der Waals surface area contributed by atoms with E-state index in [1.165, 1.54) is 6.20 Å². The van der Waals surface area contributed by atoms with Crippen molar-refractivity contribution in [3.63, 3.8) is 0 Å². The summed E-state index contributed by atoms with van der Waals surface area (Å²) in [6.07, 6.45) is -3.21. The van der Waals surface area contributed by atoms with Crippen LogP contribution in [0.2, 0.25) is 0 Å². The van der Waals surface area contributed by atoms with Crippen LogP contribution in [0.15, 0.2) is 34.9 Å². The van der Waals surface area contributed by atoms with Crippen LogP contribution in [0, 0.1) is 0 Å². The van der Waals surface area contributed by atoms with Crippen molar-refractivity contribution < 1.29 is 13.2 Å². The van der Waals surface area contributed by atoms with Gasteiger partial charge in [0.1, 0.15) is 0 Å². The highest BCUT2D eigenvalue weighted by atomic mass is 79.9. The van der Waals surface area contributed by atoms with Gasteiger partial charge in [-0.05, 0) is 31.3 Å². The van der Waals surface area contributed by atoms with Gasteiger partial charge in [-0.3, -0.25) is 0 Å². The van der Waals surface area contributed by atoms with Crippen molar-refractivity contribution >= 4 is 15.9 Å². The smallest absolute Gasteiger partial charge is 0.316 e. The van der Waals surface area contributed by atoms with Crippen LogP contribution in [0.1, 0.15) is 11.3 Å². The van der Waals surface area contributed by atoms with Gasteiger partial charge in [-0.2, -0.15) is 18.3 Å². The summed E-state index contributed by atoms with van der Waals surface area (Å²) in [5.74, 6) is 0. The summed E-state index contributed by atoms with van der Waals surface area (Å²) < 4.78 is 41.1. The van der Waals surface area contributed by atoms with E-state index >= 15 is 0 Å². The Labute approximate surface area is 116 Å². The van der Waals surface area contributed by atoms with Gasteiger partial charge in [0.25, 0.3) is 0 Å². The maximum absolute atomic E-state index is 13.1. The van der Waals surface area contributed by atoms with E-state index in [1.54, 1.807) is 31.3 Å². The summed E-state index contributed by atoms with van der Waals surface area (Å²) in [7, 11) is 1.59. The summed E-state index contributed by atoms with van der Waals surface area (Å²) in [5.41, 5.74) is -0.250. The largest absolute Gasteiger partial charge is 0.433 e. The van der Waals surface area contributed by atoms with Crippen LogP contribution >= 0.6 is 15.9 Å².